The number of hydrogen-bond acceptors (Lipinski definition) is 5. The molecule has 1 aromatic carbocycles. The molecular formula is C22H32N2O3S. The summed E-state index contributed by atoms with van der Waals surface area (Å²) >= 11 is 1.77. The zero-order valence-electron chi connectivity index (χ0n) is 16.8. The molecule has 2 aromatic rings. The maximum absolute atomic E-state index is 10.9. The van der Waals surface area contributed by atoms with Gasteiger partial charge in [-0.15, -0.1) is 0 Å². The minimum Gasteiger partial charge on any atom is -0.481 e. The van der Waals surface area contributed by atoms with Crippen molar-refractivity contribution in [3.8, 4) is 0 Å². The predicted octanol–water partition coefficient (Wildman–Crippen LogP) is 5.34. The smallest absolute Gasteiger partial charge is 0.303 e. The molecule has 1 heterocycles. The highest BCUT2D eigenvalue weighted by Gasteiger charge is 2.24. The molecule has 0 radical (unpaired) electrons. The van der Waals surface area contributed by atoms with Gasteiger partial charge in [0.15, 0.2) is 5.13 Å². The number of nitrogens with zero attached hydrogens (tertiary/aromatic N) is 2. The number of aliphatic carboxylic acids is 1. The number of thiazole rings is 1. The molecule has 0 spiro atoms. The molecule has 0 bridgehead atoms. The van der Waals surface area contributed by atoms with Crippen molar-refractivity contribution in [1.82, 2.24) is 4.98 Å². The monoisotopic (exact) mass is 404 g/mol. The van der Waals surface area contributed by atoms with Crippen LogP contribution in [0.5, 0.6) is 0 Å². The second-order valence-electron chi connectivity index (χ2n) is 7.78. The number of carboxylic acid groups (broad SMARTS) is 1. The summed E-state index contributed by atoms with van der Waals surface area (Å²) < 4.78 is 7.35. The van der Waals surface area contributed by atoms with Crippen molar-refractivity contribution in [3.63, 3.8) is 0 Å². The van der Waals surface area contributed by atoms with Crippen LogP contribution in [0.2, 0.25) is 0 Å². The number of rotatable bonds is 11. The largest absolute Gasteiger partial charge is 0.481 e. The highest BCUT2D eigenvalue weighted by Crippen LogP contribution is 2.30. The predicted molar refractivity (Wildman–Crippen MR) is 115 cm³/mol. The SMILES string of the molecule is CCCCN(CCCOC1CCCC(CC(=O)O)C1)c1nc2ccccc2s1. The lowest BCUT2D eigenvalue weighted by Gasteiger charge is -2.28. The number of unbranched alkanes of at least 4 members (excludes halogenated alkanes) is 1. The van der Waals surface area contributed by atoms with E-state index in [1.165, 1.54) is 11.1 Å². The summed E-state index contributed by atoms with van der Waals surface area (Å²) in [5.74, 6) is -0.409. The maximum Gasteiger partial charge on any atom is 0.303 e. The Bertz CT molecular complexity index is 715. The lowest BCUT2D eigenvalue weighted by atomic mass is 9.85. The summed E-state index contributed by atoms with van der Waals surface area (Å²) in [7, 11) is 0. The molecular weight excluding hydrogens is 372 g/mol. The molecule has 1 aliphatic rings. The molecule has 154 valence electrons. The minimum absolute atomic E-state index is 0.227. The van der Waals surface area contributed by atoms with Gasteiger partial charge in [-0.3, -0.25) is 4.79 Å². The topological polar surface area (TPSA) is 62.7 Å². The van der Waals surface area contributed by atoms with Crippen LogP contribution >= 0.6 is 11.3 Å². The van der Waals surface area contributed by atoms with E-state index in [1.807, 2.05) is 6.07 Å². The Balaban J connectivity index is 1.48. The van der Waals surface area contributed by atoms with Gasteiger partial charge in [-0.05, 0) is 50.2 Å². The number of benzene rings is 1. The van der Waals surface area contributed by atoms with E-state index in [1.54, 1.807) is 11.3 Å². The van der Waals surface area contributed by atoms with Crippen LogP contribution in [-0.4, -0.2) is 41.9 Å². The van der Waals surface area contributed by atoms with E-state index in [0.717, 1.165) is 68.9 Å². The second kappa shape index (κ2) is 10.8. The van der Waals surface area contributed by atoms with E-state index in [-0.39, 0.29) is 18.4 Å². The maximum atomic E-state index is 10.9. The number of carboxylic acids is 1. The fourth-order valence-electron chi connectivity index (χ4n) is 3.98. The van der Waals surface area contributed by atoms with Gasteiger partial charge in [0.05, 0.1) is 16.3 Å². The fraction of sp³-hybridized carbons (Fsp3) is 0.636. The van der Waals surface area contributed by atoms with Crippen LogP contribution in [-0.2, 0) is 9.53 Å². The number of hydrogen-bond donors (Lipinski definition) is 1. The Morgan fingerprint density at radius 2 is 2.11 bits per heavy atom. The van der Waals surface area contributed by atoms with Crippen LogP contribution < -0.4 is 4.90 Å². The summed E-state index contributed by atoms with van der Waals surface area (Å²) in [6.07, 6.45) is 7.87. The van der Waals surface area contributed by atoms with Gasteiger partial charge >= 0.3 is 5.97 Å². The summed E-state index contributed by atoms with van der Waals surface area (Å²) in [4.78, 5) is 18.2. The van der Waals surface area contributed by atoms with Crippen LogP contribution in [0.1, 0.15) is 58.3 Å². The van der Waals surface area contributed by atoms with Crippen molar-refractivity contribution in [2.24, 2.45) is 5.92 Å². The number of anilines is 1. The van der Waals surface area contributed by atoms with Crippen molar-refractivity contribution >= 4 is 32.7 Å². The third-order valence-electron chi connectivity index (χ3n) is 5.46. The van der Waals surface area contributed by atoms with Gasteiger partial charge in [0.1, 0.15) is 0 Å². The second-order valence-corrected chi connectivity index (χ2v) is 8.79. The van der Waals surface area contributed by atoms with Crippen molar-refractivity contribution in [2.45, 2.75) is 64.4 Å². The van der Waals surface area contributed by atoms with Crippen molar-refractivity contribution in [2.75, 3.05) is 24.6 Å². The molecule has 0 saturated heterocycles. The molecule has 6 heteroatoms. The Labute approximate surface area is 171 Å². The van der Waals surface area contributed by atoms with E-state index < -0.39 is 5.97 Å². The van der Waals surface area contributed by atoms with Gasteiger partial charge in [-0.1, -0.05) is 43.2 Å². The Morgan fingerprint density at radius 1 is 1.29 bits per heavy atom. The fourth-order valence-corrected chi connectivity index (χ4v) is 5.00. The summed E-state index contributed by atoms with van der Waals surface area (Å²) in [5, 5.41) is 10.1. The summed E-state index contributed by atoms with van der Waals surface area (Å²) in [5.41, 5.74) is 1.08. The molecule has 1 saturated carbocycles. The van der Waals surface area contributed by atoms with E-state index in [0.29, 0.717) is 0 Å². The van der Waals surface area contributed by atoms with Gasteiger partial charge in [0.25, 0.3) is 0 Å². The number of ether oxygens (including phenoxy) is 1. The number of aromatic nitrogens is 1. The highest BCUT2D eigenvalue weighted by atomic mass is 32.1. The minimum atomic E-state index is -0.687. The summed E-state index contributed by atoms with van der Waals surface area (Å²) in [6.45, 7) is 4.93. The molecule has 1 N–H and O–H groups in total. The van der Waals surface area contributed by atoms with E-state index in [4.69, 9.17) is 14.8 Å². The van der Waals surface area contributed by atoms with E-state index >= 15 is 0 Å². The van der Waals surface area contributed by atoms with Gasteiger partial charge in [0, 0.05) is 26.1 Å². The Kier molecular flexibility index (Phi) is 8.10. The van der Waals surface area contributed by atoms with Gasteiger partial charge < -0.3 is 14.7 Å². The first kappa shape index (κ1) is 21.1. The average molecular weight is 405 g/mol. The average Bonchev–Trinajstić information content (AvgIpc) is 3.11. The van der Waals surface area contributed by atoms with Crippen molar-refractivity contribution in [1.29, 1.82) is 0 Å². The molecule has 0 amide bonds. The molecule has 3 rings (SSSR count). The van der Waals surface area contributed by atoms with Gasteiger partial charge in [-0.25, -0.2) is 4.98 Å². The highest BCUT2D eigenvalue weighted by molar-refractivity contribution is 7.22. The molecule has 28 heavy (non-hydrogen) atoms. The molecule has 1 aliphatic carbocycles. The third kappa shape index (κ3) is 6.17. The first-order chi connectivity index (χ1) is 13.7. The molecule has 2 unspecified atom stereocenters. The Hall–Kier alpha value is -1.66. The lowest BCUT2D eigenvalue weighted by molar-refractivity contribution is -0.138. The van der Waals surface area contributed by atoms with Crippen molar-refractivity contribution in [3.05, 3.63) is 24.3 Å². The Morgan fingerprint density at radius 3 is 2.89 bits per heavy atom. The first-order valence-electron chi connectivity index (χ1n) is 10.6. The number of para-hydroxylation sites is 1. The van der Waals surface area contributed by atoms with Crippen LogP contribution in [0.3, 0.4) is 0 Å². The van der Waals surface area contributed by atoms with Crippen LogP contribution in [0.4, 0.5) is 5.13 Å². The van der Waals surface area contributed by atoms with Crippen LogP contribution in [0.25, 0.3) is 10.2 Å². The standard InChI is InChI=1S/C22H32N2O3S/c1-2-3-12-24(22-23-19-10-4-5-11-20(19)28-22)13-7-14-27-18-9-6-8-17(15-18)16-21(25)26/h4-5,10-11,17-18H,2-3,6-9,12-16H2,1H3,(H,25,26). The quantitative estimate of drug-likeness (QED) is 0.512. The van der Waals surface area contributed by atoms with E-state index in [9.17, 15) is 4.79 Å². The molecule has 1 fully saturated rings. The zero-order valence-corrected chi connectivity index (χ0v) is 17.6. The van der Waals surface area contributed by atoms with Gasteiger partial charge in [0.2, 0.25) is 0 Å². The molecule has 1 aromatic heterocycles. The molecule has 0 aliphatic heterocycles. The molecule has 2 atom stereocenters. The van der Waals surface area contributed by atoms with Crippen molar-refractivity contribution < 1.29 is 14.6 Å². The molecule has 5 nitrogen and oxygen atoms in total. The number of fused-ring (bicyclic) bond motifs is 1. The third-order valence-corrected chi connectivity index (χ3v) is 6.56. The lowest BCUT2D eigenvalue weighted by Crippen LogP contribution is -2.28. The van der Waals surface area contributed by atoms with Crippen LogP contribution in [0.15, 0.2) is 24.3 Å². The summed E-state index contributed by atoms with van der Waals surface area (Å²) in [6, 6.07) is 8.31. The van der Waals surface area contributed by atoms with Gasteiger partial charge in [-0.2, -0.15) is 0 Å². The first-order valence-corrected chi connectivity index (χ1v) is 11.4. The zero-order chi connectivity index (χ0) is 19.8. The number of carbonyl (C=O) groups is 1. The van der Waals surface area contributed by atoms with E-state index in [2.05, 4.69) is 30.0 Å². The normalized spacial score (nSPS) is 19.8. The van der Waals surface area contributed by atoms with Crippen LogP contribution in [0, 0.1) is 5.92 Å².